The summed E-state index contributed by atoms with van der Waals surface area (Å²) in [6.45, 7) is 8.73. The Morgan fingerprint density at radius 3 is 2.53 bits per heavy atom. The molecule has 1 aromatic carbocycles. The van der Waals surface area contributed by atoms with Gasteiger partial charge in [-0.1, -0.05) is 37.6 Å². The highest BCUT2D eigenvalue weighted by Crippen LogP contribution is 2.17. The predicted molar refractivity (Wildman–Crippen MR) is 67.1 cm³/mol. The van der Waals surface area contributed by atoms with Crippen molar-refractivity contribution in [3.05, 3.63) is 34.9 Å². The van der Waals surface area contributed by atoms with Gasteiger partial charge in [-0.2, -0.15) is 0 Å². The summed E-state index contributed by atoms with van der Waals surface area (Å²) in [5.41, 5.74) is 10.2. The van der Waals surface area contributed by atoms with E-state index in [9.17, 15) is 0 Å². The van der Waals surface area contributed by atoms with Crippen molar-refractivity contribution >= 4 is 0 Å². The first-order valence-electron chi connectivity index (χ1n) is 5.86. The Hall–Kier alpha value is -0.820. The van der Waals surface area contributed by atoms with Crippen molar-refractivity contribution in [2.75, 3.05) is 0 Å². The SMILES string of the molecule is CCC(N)C(C)Cc1cc(C)ccc1C. The van der Waals surface area contributed by atoms with E-state index in [1.165, 1.54) is 16.7 Å². The van der Waals surface area contributed by atoms with E-state index in [0.717, 1.165) is 12.8 Å². The van der Waals surface area contributed by atoms with Crippen LogP contribution in [0.3, 0.4) is 0 Å². The van der Waals surface area contributed by atoms with Crippen molar-refractivity contribution in [2.45, 2.75) is 46.6 Å². The van der Waals surface area contributed by atoms with E-state index < -0.39 is 0 Å². The molecule has 0 aliphatic rings. The van der Waals surface area contributed by atoms with Crippen LogP contribution in [0.4, 0.5) is 0 Å². The molecule has 84 valence electrons. The summed E-state index contributed by atoms with van der Waals surface area (Å²) in [6.07, 6.45) is 2.16. The summed E-state index contributed by atoms with van der Waals surface area (Å²) < 4.78 is 0. The van der Waals surface area contributed by atoms with E-state index >= 15 is 0 Å². The molecule has 1 nitrogen and oxygen atoms in total. The highest BCUT2D eigenvalue weighted by Gasteiger charge is 2.12. The Morgan fingerprint density at radius 1 is 1.27 bits per heavy atom. The standard InChI is InChI=1S/C14H23N/c1-5-14(15)12(4)9-13-8-10(2)6-7-11(13)3/h6-8,12,14H,5,9,15H2,1-4H3. The Bertz CT molecular complexity index is 317. The summed E-state index contributed by atoms with van der Waals surface area (Å²) >= 11 is 0. The maximum absolute atomic E-state index is 6.05. The molecule has 0 aliphatic heterocycles. The number of nitrogens with two attached hydrogens (primary N) is 1. The minimum Gasteiger partial charge on any atom is -0.327 e. The first kappa shape index (κ1) is 12.3. The molecule has 0 saturated heterocycles. The van der Waals surface area contributed by atoms with Crippen molar-refractivity contribution in [1.82, 2.24) is 0 Å². The zero-order valence-corrected chi connectivity index (χ0v) is 10.4. The Morgan fingerprint density at radius 2 is 1.93 bits per heavy atom. The molecule has 2 unspecified atom stereocenters. The quantitative estimate of drug-likeness (QED) is 0.802. The minimum atomic E-state index is 0.324. The molecule has 0 amide bonds. The zero-order chi connectivity index (χ0) is 11.4. The molecule has 1 heteroatoms. The lowest BCUT2D eigenvalue weighted by Gasteiger charge is -2.19. The molecule has 0 bridgehead atoms. The number of benzene rings is 1. The smallest absolute Gasteiger partial charge is 0.00650 e. The fourth-order valence-electron chi connectivity index (χ4n) is 1.92. The van der Waals surface area contributed by atoms with Crippen LogP contribution in [0.5, 0.6) is 0 Å². The van der Waals surface area contributed by atoms with Crippen LogP contribution >= 0.6 is 0 Å². The fourth-order valence-corrected chi connectivity index (χ4v) is 1.92. The van der Waals surface area contributed by atoms with Gasteiger partial charge in [-0.3, -0.25) is 0 Å². The topological polar surface area (TPSA) is 26.0 Å². The van der Waals surface area contributed by atoms with E-state index in [1.54, 1.807) is 0 Å². The Kier molecular flexibility index (Phi) is 4.34. The van der Waals surface area contributed by atoms with Crippen LogP contribution in [-0.2, 0) is 6.42 Å². The monoisotopic (exact) mass is 205 g/mol. The second-order valence-corrected chi connectivity index (χ2v) is 4.68. The van der Waals surface area contributed by atoms with E-state index in [4.69, 9.17) is 5.73 Å². The Labute approximate surface area is 93.7 Å². The third-order valence-corrected chi connectivity index (χ3v) is 3.25. The molecule has 1 rings (SSSR count). The van der Waals surface area contributed by atoms with Gasteiger partial charge in [-0.15, -0.1) is 0 Å². The van der Waals surface area contributed by atoms with Gasteiger partial charge in [0.25, 0.3) is 0 Å². The van der Waals surface area contributed by atoms with Crippen LogP contribution < -0.4 is 5.73 Å². The van der Waals surface area contributed by atoms with E-state index in [2.05, 4.69) is 45.9 Å². The van der Waals surface area contributed by atoms with Crippen LogP contribution in [0, 0.1) is 19.8 Å². The van der Waals surface area contributed by atoms with Crippen molar-refractivity contribution < 1.29 is 0 Å². The first-order chi connectivity index (χ1) is 7.04. The molecule has 0 spiro atoms. The van der Waals surface area contributed by atoms with Crippen molar-refractivity contribution in [2.24, 2.45) is 11.7 Å². The maximum Gasteiger partial charge on any atom is 0.00650 e. The molecular formula is C14H23N. The highest BCUT2D eigenvalue weighted by atomic mass is 14.6. The lowest BCUT2D eigenvalue weighted by atomic mass is 9.90. The number of rotatable bonds is 4. The summed E-state index contributed by atoms with van der Waals surface area (Å²) in [5.74, 6) is 0.565. The third-order valence-electron chi connectivity index (χ3n) is 3.25. The van der Waals surface area contributed by atoms with Gasteiger partial charge >= 0.3 is 0 Å². The number of hydrogen-bond acceptors (Lipinski definition) is 1. The molecule has 0 heterocycles. The Balaban J connectivity index is 2.75. The predicted octanol–water partition coefficient (Wildman–Crippen LogP) is 3.22. The molecule has 1 aromatic rings. The zero-order valence-electron chi connectivity index (χ0n) is 10.4. The minimum absolute atomic E-state index is 0.324. The van der Waals surface area contributed by atoms with Crippen molar-refractivity contribution in [1.29, 1.82) is 0 Å². The van der Waals surface area contributed by atoms with Gasteiger partial charge in [-0.05, 0) is 43.7 Å². The second-order valence-electron chi connectivity index (χ2n) is 4.68. The van der Waals surface area contributed by atoms with Crippen LogP contribution in [0.25, 0.3) is 0 Å². The van der Waals surface area contributed by atoms with Crippen LogP contribution in [0.2, 0.25) is 0 Å². The molecule has 0 radical (unpaired) electrons. The number of hydrogen-bond donors (Lipinski definition) is 1. The average molecular weight is 205 g/mol. The van der Waals surface area contributed by atoms with Gasteiger partial charge in [0.1, 0.15) is 0 Å². The third kappa shape index (κ3) is 3.35. The van der Waals surface area contributed by atoms with Crippen LogP contribution in [-0.4, -0.2) is 6.04 Å². The van der Waals surface area contributed by atoms with E-state index in [-0.39, 0.29) is 0 Å². The van der Waals surface area contributed by atoms with Gasteiger partial charge in [0, 0.05) is 6.04 Å². The molecule has 0 fully saturated rings. The van der Waals surface area contributed by atoms with Crippen molar-refractivity contribution in [3.8, 4) is 0 Å². The molecule has 2 atom stereocenters. The molecule has 2 N–H and O–H groups in total. The molecule has 0 aromatic heterocycles. The van der Waals surface area contributed by atoms with Gasteiger partial charge < -0.3 is 5.73 Å². The van der Waals surface area contributed by atoms with E-state index in [0.29, 0.717) is 12.0 Å². The highest BCUT2D eigenvalue weighted by molar-refractivity contribution is 5.30. The first-order valence-corrected chi connectivity index (χ1v) is 5.86. The van der Waals surface area contributed by atoms with Gasteiger partial charge in [0.05, 0.1) is 0 Å². The van der Waals surface area contributed by atoms with E-state index in [1.807, 2.05) is 0 Å². The summed E-state index contributed by atoms with van der Waals surface area (Å²) in [6, 6.07) is 6.98. The van der Waals surface area contributed by atoms with Crippen LogP contribution in [0.15, 0.2) is 18.2 Å². The summed E-state index contributed by atoms with van der Waals surface area (Å²) in [7, 11) is 0. The van der Waals surface area contributed by atoms with Crippen molar-refractivity contribution in [3.63, 3.8) is 0 Å². The number of aryl methyl sites for hydroxylation is 2. The lowest BCUT2D eigenvalue weighted by Crippen LogP contribution is -2.28. The van der Waals surface area contributed by atoms with Crippen LogP contribution in [0.1, 0.15) is 37.0 Å². The van der Waals surface area contributed by atoms with Gasteiger partial charge in [0.15, 0.2) is 0 Å². The summed E-state index contributed by atoms with van der Waals surface area (Å²) in [4.78, 5) is 0. The summed E-state index contributed by atoms with van der Waals surface area (Å²) in [5, 5.41) is 0. The average Bonchev–Trinajstić information content (AvgIpc) is 2.22. The molecule has 15 heavy (non-hydrogen) atoms. The fraction of sp³-hybridized carbons (Fsp3) is 0.571. The second kappa shape index (κ2) is 5.32. The normalized spacial score (nSPS) is 15.0. The van der Waals surface area contributed by atoms with Gasteiger partial charge in [-0.25, -0.2) is 0 Å². The molecule has 0 aliphatic carbocycles. The maximum atomic E-state index is 6.05. The molecular weight excluding hydrogens is 182 g/mol. The molecule has 0 saturated carbocycles. The van der Waals surface area contributed by atoms with Gasteiger partial charge in [0.2, 0.25) is 0 Å². The lowest BCUT2D eigenvalue weighted by molar-refractivity contribution is 0.441. The largest absolute Gasteiger partial charge is 0.327 e.